The van der Waals surface area contributed by atoms with Gasteiger partial charge in [-0.25, -0.2) is 9.42 Å². The van der Waals surface area contributed by atoms with Gasteiger partial charge in [0.05, 0.1) is 10.5 Å². The van der Waals surface area contributed by atoms with Crippen LogP contribution in [0.2, 0.25) is 0 Å². The lowest BCUT2D eigenvalue weighted by Gasteiger charge is -2.11. The third-order valence-corrected chi connectivity index (χ3v) is 2.68. The van der Waals surface area contributed by atoms with E-state index >= 15 is 0 Å². The van der Waals surface area contributed by atoms with E-state index in [2.05, 4.69) is 20.1 Å². The average molecular weight is 320 g/mol. The first-order valence-corrected chi connectivity index (χ1v) is 6.19. The Hall–Kier alpha value is -3.50. The molecule has 0 saturated heterocycles. The zero-order valence-corrected chi connectivity index (χ0v) is 12.2. The summed E-state index contributed by atoms with van der Waals surface area (Å²) >= 11 is 0. The molecular weight excluding hydrogens is 308 g/mol. The van der Waals surface area contributed by atoms with E-state index in [0.717, 1.165) is 0 Å². The van der Waals surface area contributed by atoms with Crippen LogP contribution in [-0.2, 0) is 4.84 Å². The molecule has 0 bridgehead atoms. The predicted molar refractivity (Wildman–Crippen MR) is 77.4 cm³/mol. The van der Waals surface area contributed by atoms with E-state index in [1.54, 1.807) is 14.1 Å². The maximum atomic E-state index is 11.9. The van der Waals surface area contributed by atoms with Gasteiger partial charge in [0, 0.05) is 26.2 Å². The number of oxime groups is 1. The number of carbonyl (C=O) groups excluding carboxylic acids is 1. The highest BCUT2D eigenvalue weighted by Gasteiger charge is 2.18. The van der Waals surface area contributed by atoms with E-state index in [-0.39, 0.29) is 28.6 Å². The van der Waals surface area contributed by atoms with E-state index < -0.39 is 10.9 Å². The van der Waals surface area contributed by atoms with Crippen molar-refractivity contribution in [3.8, 4) is 0 Å². The number of amidine groups is 1. The number of carbonyl (C=O) groups is 1. The van der Waals surface area contributed by atoms with Crippen molar-refractivity contribution in [1.82, 2.24) is 15.2 Å². The summed E-state index contributed by atoms with van der Waals surface area (Å²) in [7, 11) is 3.26. The Morgan fingerprint density at radius 3 is 2.48 bits per heavy atom. The molecule has 2 rings (SSSR count). The Bertz CT molecular complexity index is 752. The van der Waals surface area contributed by atoms with Crippen LogP contribution in [0.5, 0.6) is 0 Å². The van der Waals surface area contributed by atoms with Crippen LogP contribution in [0.25, 0.3) is 0 Å². The zero-order valence-electron chi connectivity index (χ0n) is 12.2. The first-order chi connectivity index (χ1) is 10.9. The Balaban J connectivity index is 2.18. The SMILES string of the molecule is CN(C)C(=NOC(=O)c1ccc([N+](=O)[O-])cc1)c1nonc1N. The lowest BCUT2D eigenvalue weighted by molar-refractivity contribution is -0.384. The van der Waals surface area contributed by atoms with Crippen LogP contribution < -0.4 is 5.73 Å². The van der Waals surface area contributed by atoms with Crippen LogP contribution in [0.1, 0.15) is 16.1 Å². The summed E-state index contributed by atoms with van der Waals surface area (Å²) in [6, 6.07) is 4.90. The topological polar surface area (TPSA) is 150 Å². The number of hydrogen-bond acceptors (Lipinski definition) is 9. The van der Waals surface area contributed by atoms with E-state index in [0.29, 0.717) is 0 Å². The van der Waals surface area contributed by atoms with E-state index in [4.69, 9.17) is 10.6 Å². The molecule has 0 spiro atoms. The van der Waals surface area contributed by atoms with Crippen molar-refractivity contribution in [2.24, 2.45) is 5.16 Å². The highest BCUT2D eigenvalue weighted by atomic mass is 16.7. The maximum Gasteiger partial charge on any atom is 0.365 e. The summed E-state index contributed by atoms with van der Waals surface area (Å²) in [6.45, 7) is 0. The quantitative estimate of drug-likeness (QED) is 0.281. The molecule has 120 valence electrons. The first-order valence-electron chi connectivity index (χ1n) is 6.19. The summed E-state index contributed by atoms with van der Waals surface area (Å²) in [6.07, 6.45) is 0. The van der Waals surface area contributed by atoms with Crippen LogP contribution in [0, 0.1) is 10.1 Å². The van der Waals surface area contributed by atoms with Crippen LogP contribution in [0.3, 0.4) is 0 Å². The predicted octanol–water partition coefficient (Wildman–Crippen LogP) is 0.640. The number of hydrogen-bond donors (Lipinski definition) is 1. The molecule has 0 atom stereocenters. The number of nitrogens with two attached hydrogens (primary N) is 1. The molecule has 0 radical (unpaired) electrons. The number of non-ortho nitro benzene ring substituents is 1. The minimum Gasteiger partial charge on any atom is -0.379 e. The van der Waals surface area contributed by atoms with Gasteiger partial charge in [0.2, 0.25) is 5.84 Å². The molecule has 23 heavy (non-hydrogen) atoms. The average Bonchev–Trinajstić information content (AvgIpc) is 2.93. The fourth-order valence-corrected chi connectivity index (χ4v) is 1.54. The molecule has 0 aliphatic heterocycles. The Kier molecular flexibility index (Phi) is 4.50. The zero-order chi connectivity index (χ0) is 17.0. The van der Waals surface area contributed by atoms with Crippen LogP contribution in [0.4, 0.5) is 11.5 Å². The fraction of sp³-hybridized carbons (Fsp3) is 0.167. The van der Waals surface area contributed by atoms with Crippen molar-refractivity contribution in [1.29, 1.82) is 0 Å². The second-order valence-corrected chi connectivity index (χ2v) is 4.49. The third-order valence-electron chi connectivity index (χ3n) is 2.68. The molecule has 2 aromatic rings. The number of anilines is 1. The maximum absolute atomic E-state index is 11.9. The second kappa shape index (κ2) is 6.51. The van der Waals surface area contributed by atoms with Gasteiger partial charge >= 0.3 is 5.97 Å². The van der Waals surface area contributed by atoms with Crippen LogP contribution in [-0.4, -0.2) is 46.0 Å². The van der Waals surface area contributed by atoms with Gasteiger partial charge in [0.1, 0.15) is 0 Å². The molecule has 1 aromatic carbocycles. The van der Waals surface area contributed by atoms with Crippen molar-refractivity contribution in [3.05, 3.63) is 45.6 Å². The molecule has 11 nitrogen and oxygen atoms in total. The first kappa shape index (κ1) is 15.9. The van der Waals surface area contributed by atoms with Gasteiger partial charge in [-0.15, -0.1) is 0 Å². The monoisotopic (exact) mass is 320 g/mol. The minimum atomic E-state index is -0.797. The normalized spacial score (nSPS) is 11.1. The molecule has 1 heterocycles. The smallest absolute Gasteiger partial charge is 0.365 e. The highest BCUT2D eigenvalue weighted by molar-refractivity contribution is 6.00. The van der Waals surface area contributed by atoms with Gasteiger partial charge in [-0.05, 0) is 22.4 Å². The number of rotatable bonds is 4. The lowest BCUT2D eigenvalue weighted by atomic mass is 10.2. The summed E-state index contributed by atoms with van der Waals surface area (Å²) < 4.78 is 4.47. The number of benzene rings is 1. The van der Waals surface area contributed by atoms with Crippen LogP contribution in [0.15, 0.2) is 34.1 Å². The van der Waals surface area contributed by atoms with Gasteiger partial charge in [-0.3, -0.25) is 10.1 Å². The van der Waals surface area contributed by atoms with Crippen molar-refractivity contribution in [2.75, 3.05) is 19.8 Å². The molecule has 0 amide bonds. The van der Waals surface area contributed by atoms with E-state index in [1.165, 1.54) is 29.2 Å². The Morgan fingerprint density at radius 1 is 1.35 bits per heavy atom. The lowest BCUT2D eigenvalue weighted by Crippen LogP contribution is -2.25. The third kappa shape index (κ3) is 3.58. The standard InChI is InChI=1S/C12H12N6O5/c1-17(2)11(9-10(13)15-23-14-9)16-22-12(19)7-3-5-8(6-4-7)18(20)21/h3-6H,1-2H3,(H2,13,15). The summed E-state index contributed by atoms with van der Waals surface area (Å²) in [5, 5.41) is 21.2. The van der Waals surface area contributed by atoms with Crippen molar-refractivity contribution >= 4 is 23.3 Å². The highest BCUT2D eigenvalue weighted by Crippen LogP contribution is 2.13. The molecule has 11 heteroatoms. The molecular formula is C12H12N6O5. The molecule has 0 fully saturated rings. The largest absolute Gasteiger partial charge is 0.379 e. The number of nitro groups is 1. The van der Waals surface area contributed by atoms with Gasteiger partial charge in [-0.1, -0.05) is 5.16 Å². The summed E-state index contributed by atoms with van der Waals surface area (Å²) in [5.41, 5.74) is 5.64. The molecule has 1 aromatic heterocycles. The number of aromatic nitrogens is 2. The van der Waals surface area contributed by atoms with Crippen molar-refractivity contribution in [3.63, 3.8) is 0 Å². The summed E-state index contributed by atoms with van der Waals surface area (Å²) in [5.74, 6) is -0.683. The second-order valence-electron chi connectivity index (χ2n) is 4.49. The Labute approximate surface area is 129 Å². The van der Waals surface area contributed by atoms with Crippen molar-refractivity contribution in [2.45, 2.75) is 0 Å². The molecule has 0 aliphatic rings. The molecule has 0 unspecified atom stereocenters. The van der Waals surface area contributed by atoms with E-state index in [1.807, 2.05) is 0 Å². The number of nitro benzene ring substituents is 1. The minimum absolute atomic E-state index is 0.0103. The molecule has 2 N–H and O–H groups in total. The molecule has 0 saturated carbocycles. The molecule has 0 aliphatic carbocycles. The van der Waals surface area contributed by atoms with Gasteiger partial charge in [0.15, 0.2) is 11.5 Å². The number of nitrogens with zero attached hydrogens (tertiary/aromatic N) is 5. The van der Waals surface area contributed by atoms with E-state index in [9.17, 15) is 14.9 Å². The van der Waals surface area contributed by atoms with Gasteiger partial charge in [0.25, 0.3) is 5.69 Å². The van der Waals surface area contributed by atoms with Crippen molar-refractivity contribution < 1.29 is 19.2 Å². The Morgan fingerprint density at radius 2 is 2.00 bits per heavy atom. The summed E-state index contributed by atoms with van der Waals surface area (Å²) in [4.78, 5) is 28.2. The van der Waals surface area contributed by atoms with Crippen LogP contribution >= 0.6 is 0 Å². The fourth-order valence-electron chi connectivity index (χ4n) is 1.54. The van der Waals surface area contributed by atoms with Gasteiger partial charge in [-0.2, -0.15) is 0 Å². The number of nitrogen functional groups attached to an aromatic ring is 1. The van der Waals surface area contributed by atoms with Gasteiger partial charge < -0.3 is 15.5 Å².